The zero-order valence-electron chi connectivity index (χ0n) is 13.0. The van der Waals surface area contributed by atoms with E-state index in [4.69, 9.17) is 4.74 Å². The normalized spacial score (nSPS) is 12.1. The number of thiazole rings is 1. The third-order valence-corrected chi connectivity index (χ3v) is 6.33. The van der Waals surface area contributed by atoms with Crippen molar-refractivity contribution in [1.29, 1.82) is 0 Å². The van der Waals surface area contributed by atoms with Gasteiger partial charge in [0.1, 0.15) is 0 Å². The fraction of sp³-hybridized carbons (Fsp3) is 0.385. The third kappa shape index (κ3) is 3.91. The van der Waals surface area contributed by atoms with E-state index in [9.17, 15) is 8.42 Å². The maximum atomic E-state index is 11.6. The first-order chi connectivity index (χ1) is 11.5. The molecule has 0 saturated heterocycles. The number of sulfone groups is 1. The minimum absolute atomic E-state index is 0.291. The van der Waals surface area contributed by atoms with Crippen LogP contribution in [0.2, 0.25) is 0 Å². The first-order valence-corrected chi connectivity index (χ1v) is 10.5. The van der Waals surface area contributed by atoms with Crippen molar-refractivity contribution in [2.45, 2.75) is 27.4 Å². The summed E-state index contributed by atoms with van der Waals surface area (Å²) in [6.07, 6.45) is 2.01. The molecule has 0 N–H and O–H groups in total. The molecule has 8 nitrogen and oxygen atoms in total. The van der Waals surface area contributed by atoms with Crippen LogP contribution in [0, 0.1) is 0 Å². The van der Waals surface area contributed by atoms with E-state index in [0.717, 1.165) is 21.0 Å². The summed E-state index contributed by atoms with van der Waals surface area (Å²) >= 11 is 2.78. The van der Waals surface area contributed by atoms with Gasteiger partial charge in [0, 0.05) is 26.5 Å². The number of ether oxygens (including phenoxy) is 1. The molecule has 0 saturated carbocycles. The lowest BCUT2D eigenvalue weighted by atomic mass is 10.3. The minimum atomic E-state index is -3.23. The number of tetrazole rings is 1. The first-order valence-electron chi connectivity index (χ1n) is 7.01. The molecule has 128 valence electrons. The Morgan fingerprint density at radius 2 is 2.21 bits per heavy atom. The summed E-state index contributed by atoms with van der Waals surface area (Å²) in [6.45, 7) is 1.30. The molecule has 3 aromatic rings. The van der Waals surface area contributed by atoms with Crippen molar-refractivity contribution in [3.63, 3.8) is 0 Å². The molecular weight excluding hydrogens is 370 g/mol. The Balaban J connectivity index is 1.82. The molecule has 0 aliphatic rings. The van der Waals surface area contributed by atoms with E-state index < -0.39 is 9.84 Å². The van der Waals surface area contributed by atoms with Gasteiger partial charge < -0.3 is 4.74 Å². The topological polar surface area (TPSA) is 99.9 Å². The highest BCUT2D eigenvalue weighted by atomic mass is 32.2. The molecule has 0 spiro atoms. The fourth-order valence-corrected chi connectivity index (χ4v) is 4.73. The van der Waals surface area contributed by atoms with Crippen LogP contribution < -0.4 is 0 Å². The summed E-state index contributed by atoms with van der Waals surface area (Å²) in [5, 5.41) is 12.3. The van der Waals surface area contributed by atoms with Crippen molar-refractivity contribution < 1.29 is 13.2 Å². The second-order valence-electron chi connectivity index (χ2n) is 5.01. The number of hydrogen-bond donors (Lipinski definition) is 0. The van der Waals surface area contributed by atoms with Crippen LogP contribution in [-0.2, 0) is 21.1 Å². The van der Waals surface area contributed by atoms with E-state index in [1.165, 1.54) is 29.4 Å². The molecular formula is C13H15N5O3S3. The molecule has 0 atom stereocenters. The molecule has 2 aromatic heterocycles. The van der Waals surface area contributed by atoms with Crippen LogP contribution in [0.4, 0.5) is 0 Å². The zero-order chi connectivity index (χ0) is 17.2. The minimum Gasteiger partial charge on any atom is -0.385 e. The number of rotatable bonds is 7. The van der Waals surface area contributed by atoms with Crippen LogP contribution in [0.3, 0.4) is 0 Å². The highest BCUT2D eigenvalue weighted by Crippen LogP contribution is 2.34. The van der Waals surface area contributed by atoms with Crippen LogP contribution in [-0.4, -0.2) is 53.6 Å². The molecule has 11 heteroatoms. The summed E-state index contributed by atoms with van der Waals surface area (Å²) < 4.78 is 31.6. The van der Waals surface area contributed by atoms with Gasteiger partial charge in [-0.15, -0.1) is 16.4 Å². The highest BCUT2D eigenvalue weighted by molar-refractivity contribution is 8.01. The van der Waals surface area contributed by atoms with Crippen LogP contribution in [0.25, 0.3) is 10.2 Å². The molecule has 0 amide bonds. The number of methoxy groups -OCH3 is 1. The highest BCUT2D eigenvalue weighted by Gasteiger charge is 2.14. The van der Waals surface area contributed by atoms with Gasteiger partial charge in [0.25, 0.3) is 0 Å². The van der Waals surface area contributed by atoms with Crippen molar-refractivity contribution in [2.75, 3.05) is 20.0 Å². The number of hydrogen-bond acceptors (Lipinski definition) is 9. The molecule has 0 aliphatic carbocycles. The van der Waals surface area contributed by atoms with Crippen molar-refractivity contribution >= 4 is 43.2 Å². The maximum absolute atomic E-state index is 11.6. The van der Waals surface area contributed by atoms with E-state index in [0.29, 0.717) is 23.2 Å². The van der Waals surface area contributed by atoms with Crippen molar-refractivity contribution in [1.82, 2.24) is 25.2 Å². The molecule has 0 aliphatic heterocycles. The van der Waals surface area contributed by atoms with Gasteiger partial charge in [-0.05, 0) is 46.8 Å². The number of nitrogens with zero attached hydrogens (tertiary/aromatic N) is 5. The Hall–Kier alpha value is -1.56. The molecule has 3 rings (SSSR count). The largest absolute Gasteiger partial charge is 0.385 e. The van der Waals surface area contributed by atoms with E-state index >= 15 is 0 Å². The van der Waals surface area contributed by atoms with E-state index in [2.05, 4.69) is 20.5 Å². The number of aromatic nitrogens is 5. The third-order valence-electron chi connectivity index (χ3n) is 3.16. The Labute approximate surface area is 147 Å². The molecule has 0 radical (unpaired) electrons. The van der Waals surface area contributed by atoms with Gasteiger partial charge in [0.05, 0.1) is 15.1 Å². The molecule has 24 heavy (non-hydrogen) atoms. The Morgan fingerprint density at radius 1 is 1.38 bits per heavy atom. The van der Waals surface area contributed by atoms with Crippen LogP contribution in [0.15, 0.2) is 32.6 Å². The van der Waals surface area contributed by atoms with Gasteiger partial charge in [0.2, 0.25) is 5.16 Å². The molecule has 1 aromatic carbocycles. The summed E-state index contributed by atoms with van der Waals surface area (Å²) in [7, 11) is -1.58. The number of benzene rings is 1. The van der Waals surface area contributed by atoms with Gasteiger partial charge in [-0.3, -0.25) is 0 Å². The van der Waals surface area contributed by atoms with Gasteiger partial charge in [-0.25, -0.2) is 18.1 Å². The second-order valence-corrected chi connectivity index (χ2v) is 9.28. The molecule has 2 heterocycles. The predicted octanol–water partition coefficient (Wildman–Crippen LogP) is 1.87. The first kappa shape index (κ1) is 17.3. The lowest BCUT2D eigenvalue weighted by molar-refractivity contribution is 0.187. The van der Waals surface area contributed by atoms with E-state index in [1.54, 1.807) is 30.0 Å². The lowest BCUT2D eigenvalue weighted by Crippen LogP contribution is -2.04. The summed E-state index contributed by atoms with van der Waals surface area (Å²) in [5.41, 5.74) is 0.758. The second kappa shape index (κ2) is 7.13. The molecule has 0 unspecified atom stereocenters. The number of fused-ring (bicyclic) bond motifs is 1. The SMILES string of the molecule is COCCCn1nnnc1Sc1nc2ccc(S(C)(=O)=O)cc2s1. The van der Waals surface area contributed by atoms with Crippen LogP contribution in [0.5, 0.6) is 0 Å². The smallest absolute Gasteiger partial charge is 0.216 e. The average Bonchev–Trinajstić information content (AvgIpc) is 3.12. The average molecular weight is 385 g/mol. The van der Waals surface area contributed by atoms with Gasteiger partial charge in [-0.1, -0.05) is 0 Å². The Bertz CT molecular complexity index is 951. The number of aryl methyl sites for hydroxylation is 1. The van der Waals surface area contributed by atoms with Crippen molar-refractivity contribution in [2.24, 2.45) is 0 Å². The Morgan fingerprint density at radius 3 is 2.96 bits per heavy atom. The van der Waals surface area contributed by atoms with Crippen LogP contribution in [0.1, 0.15) is 6.42 Å². The van der Waals surface area contributed by atoms with E-state index in [-0.39, 0.29) is 0 Å². The van der Waals surface area contributed by atoms with Gasteiger partial charge >= 0.3 is 0 Å². The summed E-state index contributed by atoms with van der Waals surface area (Å²) in [4.78, 5) is 4.79. The fourth-order valence-electron chi connectivity index (χ4n) is 2.00. The van der Waals surface area contributed by atoms with Gasteiger partial charge in [0.15, 0.2) is 14.2 Å². The van der Waals surface area contributed by atoms with Gasteiger partial charge in [-0.2, -0.15) is 0 Å². The maximum Gasteiger partial charge on any atom is 0.216 e. The van der Waals surface area contributed by atoms with Crippen molar-refractivity contribution in [3.8, 4) is 0 Å². The quantitative estimate of drug-likeness (QED) is 0.568. The van der Waals surface area contributed by atoms with Crippen molar-refractivity contribution in [3.05, 3.63) is 18.2 Å². The lowest BCUT2D eigenvalue weighted by Gasteiger charge is -2.01. The van der Waals surface area contributed by atoms with Crippen LogP contribution >= 0.6 is 23.1 Å². The summed E-state index contributed by atoms with van der Waals surface area (Å²) in [6, 6.07) is 4.93. The molecule has 0 bridgehead atoms. The van der Waals surface area contributed by atoms with E-state index in [1.807, 2.05) is 0 Å². The standard InChI is InChI=1S/C13H15N5O3S3/c1-21-7-3-6-18-12(15-16-17-18)23-13-14-10-5-4-9(24(2,19)20)8-11(10)22-13/h4-5,8H,3,6-7H2,1-2H3. The monoisotopic (exact) mass is 385 g/mol. The molecule has 0 fully saturated rings. The zero-order valence-corrected chi connectivity index (χ0v) is 15.5. The predicted molar refractivity (Wildman–Crippen MR) is 91.2 cm³/mol. The Kier molecular flexibility index (Phi) is 5.13. The summed E-state index contributed by atoms with van der Waals surface area (Å²) in [5.74, 6) is 0.